The van der Waals surface area contributed by atoms with Crippen LogP contribution in [0.2, 0.25) is 0 Å². The Kier molecular flexibility index (Phi) is 5.06. The molecule has 1 atom stereocenters. The highest BCUT2D eigenvalue weighted by Gasteiger charge is 2.15. The predicted molar refractivity (Wildman–Crippen MR) is 68.5 cm³/mol. The summed E-state index contributed by atoms with van der Waals surface area (Å²) in [5.41, 5.74) is 5.92. The minimum Gasteiger partial charge on any atom is -0.383 e. The summed E-state index contributed by atoms with van der Waals surface area (Å²) in [6.07, 6.45) is 1.57. The lowest BCUT2D eigenvalue weighted by atomic mass is 10.2. The van der Waals surface area contributed by atoms with E-state index in [0.717, 1.165) is 0 Å². The molecule has 0 bridgehead atoms. The van der Waals surface area contributed by atoms with E-state index < -0.39 is 0 Å². The molecule has 1 amide bonds. The minimum absolute atomic E-state index is 0.213. The van der Waals surface area contributed by atoms with Gasteiger partial charge in [0.15, 0.2) is 0 Å². The molecule has 100 valence electrons. The third kappa shape index (κ3) is 3.68. The molecule has 0 radical (unpaired) electrons. The number of methoxy groups -OCH3 is 1. The average molecular weight is 253 g/mol. The van der Waals surface area contributed by atoms with Crippen molar-refractivity contribution in [2.75, 3.05) is 27.3 Å². The van der Waals surface area contributed by atoms with Gasteiger partial charge in [-0.2, -0.15) is 0 Å². The Hall–Kier alpha value is -1.66. The molecule has 0 saturated heterocycles. The summed E-state index contributed by atoms with van der Waals surface area (Å²) in [4.78, 5) is 25.0. The van der Waals surface area contributed by atoms with Crippen molar-refractivity contribution in [3.63, 3.8) is 0 Å². The second-order valence-electron chi connectivity index (χ2n) is 4.27. The van der Waals surface area contributed by atoms with Crippen molar-refractivity contribution in [2.24, 2.45) is 12.8 Å². The number of nitrogens with two attached hydrogens (primary N) is 1. The quantitative estimate of drug-likeness (QED) is 0.762. The molecule has 0 aliphatic carbocycles. The van der Waals surface area contributed by atoms with Crippen molar-refractivity contribution in [3.8, 4) is 0 Å². The molecule has 1 unspecified atom stereocenters. The van der Waals surface area contributed by atoms with Gasteiger partial charge in [-0.05, 0) is 6.07 Å². The predicted octanol–water partition coefficient (Wildman–Crippen LogP) is -0.569. The largest absolute Gasteiger partial charge is 0.383 e. The number of carbonyl (C=O) groups is 1. The van der Waals surface area contributed by atoms with Gasteiger partial charge in [-0.15, -0.1) is 0 Å². The molecule has 1 aromatic heterocycles. The van der Waals surface area contributed by atoms with Gasteiger partial charge in [-0.1, -0.05) is 0 Å². The second kappa shape index (κ2) is 6.32. The van der Waals surface area contributed by atoms with Crippen LogP contribution in [0.4, 0.5) is 0 Å². The van der Waals surface area contributed by atoms with Crippen LogP contribution in [0.15, 0.2) is 23.1 Å². The Morgan fingerprint density at radius 2 is 2.28 bits per heavy atom. The highest BCUT2D eigenvalue weighted by molar-refractivity contribution is 5.93. The molecule has 1 heterocycles. The van der Waals surface area contributed by atoms with Crippen LogP contribution in [0.3, 0.4) is 0 Å². The Balaban J connectivity index is 2.74. The number of nitrogens with zero attached hydrogens (tertiary/aromatic N) is 2. The molecule has 18 heavy (non-hydrogen) atoms. The molecule has 0 aromatic carbocycles. The fraction of sp³-hybridized carbons (Fsp3) is 0.500. The number of aromatic nitrogens is 1. The number of hydrogen-bond donors (Lipinski definition) is 1. The molecule has 1 rings (SSSR count). The first-order chi connectivity index (χ1) is 8.45. The van der Waals surface area contributed by atoms with Gasteiger partial charge in [-0.25, -0.2) is 0 Å². The monoisotopic (exact) mass is 253 g/mol. The van der Waals surface area contributed by atoms with Gasteiger partial charge < -0.3 is 19.9 Å². The summed E-state index contributed by atoms with van der Waals surface area (Å²) in [6, 6.07) is 2.69. The molecule has 2 N–H and O–H groups in total. The molecule has 0 spiro atoms. The SMILES string of the molecule is COCC(N)CN(C)C(=O)c1ccn(C)c(=O)c1. The van der Waals surface area contributed by atoms with Crippen LogP contribution in [0, 0.1) is 0 Å². The summed E-state index contributed by atoms with van der Waals surface area (Å²) in [6.45, 7) is 0.760. The molecule has 6 nitrogen and oxygen atoms in total. The van der Waals surface area contributed by atoms with E-state index in [-0.39, 0.29) is 17.5 Å². The van der Waals surface area contributed by atoms with Crippen molar-refractivity contribution in [1.82, 2.24) is 9.47 Å². The number of aryl methyl sites for hydroxylation is 1. The lowest BCUT2D eigenvalue weighted by Gasteiger charge is -2.21. The van der Waals surface area contributed by atoms with Crippen molar-refractivity contribution in [2.45, 2.75) is 6.04 Å². The maximum atomic E-state index is 12.0. The third-order valence-corrected chi connectivity index (χ3v) is 2.59. The summed E-state index contributed by atoms with van der Waals surface area (Å²) in [5, 5.41) is 0. The number of pyridine rings is 1. The number of ether oxygens (including phenoxy) is 1. The maximum Gasteiger partial charge on any atom is 0.253 e. The van der Waals surface area contributed by atoms with Crippen molar-refractivity contribution in [3.05, 3.63) is 34.2 Å². The van der Waals surface area contributed by atoms with Gasteiger partial charge in [0.1, 0.15) is 0 Å². The molecule has 0 aliphatic rings. The van der Waals surface area contributed by atoms with Gasteiger partial charge in [0.25, 0.3) is 11.5 Å². The highest BCUT2D eigenvalue weighted by Crippen LogP contribution is 2.01. The number of likely N-dealkylation sites (N-methyl/N-ethyl adjacent to an activating group) is 1. The highest BCUT2D eigenvalue weighted by atomic mass is 16.5. The minimum atomic E-state index is -0.240. The van der Waals surface area contributed by atoms with E-state index in [0.29, 0.717) is 18.7 Å². The zero-order valence-corrected chi connectivity index (χ0v) is 10.9. The van der Waals surface area contributed by atoms with E-state index in [1.54, 1.807) is 33.5 Å². The molecule has 0 fully saturated rings. The van der Waals surface area contributed by atoms with Crippen LogP contribution < -0.4 is 11.3 Å². The van der Waals surface area contributed by atoms with Gasteiger partial charge >= 0.3 is 0 Å². The van der Waals surface area contributed by atoms with Crippen molar-refractivity contribution >= 4 is 5.91 Å². The Bertz CT molecular complexity index is 470. The number of carbonyl (C=O) groups excluding carboxylic acids is 1. The smallest absolute Gasteiger partial charge is 0.253 e. The molecular formula is C12H19N3O3. The lowest BCUT2D eigenvalue weighted by Crippen LogP contribution is -2.41. The van der Waals surface area contributed by atoms with Crippen LogP contribution in [-0.4, -0.2) is 48.7 Å². The van der Waals surface area contributed by atoms with Gasteiger partial charge in [0, 0.05) is 51.6 Å². The first-order valence-electron chi connectivity index (χ1n) is 5.62. The number of rotatable bonds is 5. The topological polar surface area (TPSA) is 77.6 Å². The summed E-state index contributed by atoms with van der Waals surface area (Å²) in [5.74, 6) is -0.223. The summed E-state index contributed by atoms with van der Waals surface area (Å²) in [7, 11) is 4.84. The van der Waals surface area contributed by atoms with E-state index in [1.807, 2.05) is 0 Å². The van der Waals surface area contributed by atoms with E-state index >= 15 is 0 Å². The van der Waals surface area contributed by atoms with Gasteiger partial charge in [0.05, 0.1) is 6.61 Å². The van der Waals surface area contributed by atoms with Gasteiger partial charge in [-0.3, -0.25) is 9.59 Å². The molecule has 1 aromatic rings. The van der Waals surface area contributed by atoms with Crippen LogP contribution in [0.5, 0.6) is 0 Å². The van der Waals surface area contributed by atoms with E-state index in [2.05, 4.69) is 0 Å². The van der Waals surface area contributed by atoms with Gasteiger partial charge in [0.2, 0.25) is 0 Å². The summed E-state index contributed by atoms with van der Waals surface area (Å²) >= 11 is 0. The first-order valence-corrected chi connectivity index (χ1v) is 5.62. The zero-order chi connectivity index (χ0) is 13.7. The Labute approximate surface area is 106 Å². The normalized spacial score (nSPS) is 12.2. The molecule has 6 heteroatoms. The third-order valence-electron chi connectivity index (χ3n) is 2.59. The van der Waals surface area contributed by atoms with Crippen LogP contribution >= 0.6 is 0 Å². The van der Waals surface area contributed by atoms with Crippen LogP contribution in [-0.2, 0) is 11.8 Å². The fourth-order valence-electron chi connectivity index (χ4n) is 1.60. The first kappa shape index (κ1) is 14.4. The molecule has 0 aliphatic heterocycles. The van der Waals surface area contributed by atoms with Crippen LogP contribution in [0.1, 0.15) is 10.4 Å². The lowest BCUT2D eigenvalue weighted by molar-refractivity contribution is 0.0764. The summed E-state index contributed by atoms with van der Waals surface area (Å²) < 4.78 is 6.32. The average Bonchev–Trinajstić information content (AvgIpc) is 2.32. The number of hydrogen-bond acceptors (Lipinski definition) is 4. The van der Waals surface area contributed by atoms with Crippen molar-refractivity contribution in [1.29, 1.82) is 0 Å². The maximum absolute atomic E-state index is 12.0. The Morgan fingerprint density at radius 1 is 1.61 bits per heavy atom. The molecule has 0 saturated carbocycles. The van der Waals surface area contributed by atoms with E-state index in [4.69, 9.17) is 10.5 Å². The van der Waals surface area contributed by atoms with E-state index in [9.17, 15) is 9.59 Å². The molecular weight excluding hydrogens is 234 g/mol. The second-order valence-corrected chi connectivity index (χ2v) is 4.27. The van der Waals surface area contributed by atoms with Crippen molar-refractivity contribution < 1.29 is 9.53 Å². The van der Waals surface area contributed by atoms with E-state index in [1.165, 1.54) is 15.5 Å². The Morgan fingerprint density at radius 3 is 2.83 bits per heavy atom. The zero-order valence-electron chi connectivity index (χ0n) is 10.9. The fourth-order valence-corrected chi connectivity index (χ4v) is 1.60. The number of amides is 1. The standard InChI is InChI=1S/C12H19N3O3/c1-14-5-4-9(6-11(14)16)12(17)15(2)7-10(13)8-18-3/h4-6,10H,7-8,13H2,1-3H3. The van der Waals surface area contributed by atoms with Crippen LogP contribution in [0.25, 0.3) is 0 Å².